The van der Waals surface area contributed by atoms with Gasteiger partial charge in [-0.05, 0) is 29.7 Å². The molecular formula is C21H25N3O2. The quantitative estimate of drug-likeness (QED) is 0.925. The summed E-state index contributed by atoms with van der Waals surface area (Å²) in [7, 11) is 0. The van der Waals surface area contributed by atoms with Crippen LogP contribution in [-0.4, -0.2) is 54.7 Å². The van der Waals surface area contributed by atoms with Crippen molar-refractivity contribution in [2.75, 3.05) is 38.1 Å². The molecule has 1 N–H and O–H groups in total. The van der Waals surface area contributed by atoms with Crippen LogP contribution in [0.1, 0.15) is 11.1 Å². The second-order valence-electron chi connectivity index (χ2n) is 6.99. The van der Waals surface area contributed by atoms with Crippen molar-refractivity contribution in [3.8, 4) is 0 Å². The molecule has 2 aromatic rings. The average molecular weight is 351 g/mol. The average Bonchev–Trinajstić information content (AvgIpc) is 2.69. The van der Waals surface area contributed by atoms with Gasteiger partial charge in [-0.15, -0.1) is 0 Å². The van der Waals surface area contributed by atoms with Crippen LogP contribution in [0, 0.1) is 0 Å². The SMILES string of the molecule is O=C(Nc1ccccc1)N1CCOC(CN2CCc3ccccc3C2)C1. The van der Waals surface area contributed by atoms with Crippen molar-refractivity contribution in [3.63, 3.8) is 0 Å². The number of hydrogen-bond donors (Lipinski definition) is 1. The molecule has 0 spiro atoms. The summed E-state index contributed by atoms with van der Waals surface area (Å²) in [6.07, 6.45) is 1.15. The van der Waals surface area contributed by atoms with Gasteiger partial charge in [0.15, 0.2) is 0 Å². The summed E-state index contributed by atoms with van der Waals surface area (Å²) in [4.78, 5) is 16.8. The first-order valence-electron chi connectivity index (χ1n) is 9.29. The summed E-state index contributed by atoms with van der Waals surface area (Å²) in [6.45, 7) is 4.74. The summed E-state index contributed by atoms with van der Waals surface area (Å²) in [6, 6.07) is 18.2. The highest BCUT2D eigenvalue weighted by Gasteiger charge is 2.27. The molecule has 1 atom stereocenters. The van der Waals surface area contributed by atoms with Crippen molar-refractivity contribution < 1.29 is 9.53 Å². The fraction of sp³-hybridized carbons (Fsp3) is 0.381. The van der Waals surface area contributed by atoms with Gasteiger partial charge in [-0.1, -0.05) is 42.5 Å². The maximum absolute atomic E-state index is 12.5. The largest absolute Gasteiger partial charge is 0.373 e. The fourth-order valence-corrected chi connectivity index (χ4v) is 3.74. The van der Waals surface area contributed by atoms with Crippen LogP contribution in [-0.2, 0) is 17.7 Å². The van der Waals surface area contributed by atoms with Crippen molar-refractivity contribution in [1.82, 2.24) is 9.80 Å². The molecule has 2 heterocycles. The van der Waals surface area contributed by atoms with E-state index in [-0.39, 0.29) is 12.1 Å². The number of carbonyl (C=O) groups excluding carboxylic acids is 1. The van der Waals surface area contributed by atoms with E-state index >= 15 is 0 Å². The van der Waals surface area contributed by atoms with E-state index in [4.69, 9.17) is 4.74 Å². The fourth-order valence-electron chi connectivity index (χ4n) is 3.74. The number of carbonyl (C=O) groups is 1. The molecule has 0 aliphatic carbocycles. The summed E-state index contributed by atoms with van der Waals surface area (Å²) in [5.74, 6) is 0. The van der Waals surface area contributed by atoms with E-state index in [1.165, 1.54) is 11.1 Å². The van der Waals surface area contributed by atoms with E-state index < -0.39 is 0 Å². The smallest absolute Gasteiger partial charge is 0.322 e. The first-order valence-corrected chi connectivity index (χ1v) is 9.29. The minimum atomic E-state index is -0.0477. The van der Waals surface area contributed by atoms with Crippen molar-refractivity contribution in [2.24, 2.45) is 0 Å². The first kappa shape index (κ1) is 17.1. The lowest BCUT2D eigenvalue weighted by atomic mass is 9.99. The number of benzene rings is 2. The summed E-state index contributed by atoms with van der Waals surface area (Å²) < 4.78 is 5.94. The predicted molar refractivity (Wildman–Crippen MR) is 102 cm³/mol. The molecule has 136 valence electrons. The predicted octanol–water partition coefficient (Wildman–Crippen LogP) is 2.98. The maximum Gasteiger partial charge on any atom is 0.322 e. The van der Waals surface area contributed by atoms with Gasteiger partial charge in [0.05, 0.1) is 12.7 Å². The van der Waals surface area contributed by atoms with E-state index in [9.17, 15) is 4.79 Å². The standard InChI is InChI=1S/C21H25N3O2/c25-21(22-19-8-2-1-3-9-19)24-12-13-26-20(16-24)15-23-11-10-17-6-4-5-7-18(17)14-23/h1-9,20H,10-16H2,(H,22,25). The Balaban J connectivity index is 1.32. The zero-order valence-corrected chi connectivity index (χ0v) is 14.9. The highest BCUT2D eigenvalue weighted by atomic mass is 16.5. The Bertz CT molecular complexity index is 750. The third kappa shape index (κ3) is 4.06. The highest BCUT2D eigenvalue weighted by molar-refractivity contribution is 5.89. The molecule has 1 unspecified atom stereocenters. The van der Waals surface area contributed by atoms with Crippen molar-refractivity contribution in [3.05, 3.63) is 65.7 Å². The van der Waals surface area contributed by atoms with Gasteiger partial charge >= 0.3 is 6.03 Å². The number of ether oxygens (including phenoxy) is 1. The normalized spacial score (nSPS) is 20.5. The number of nitrogens with one attached hydrogen (secondary N) is 1. The second kappa shape index (κ2) is 7.89. The van der Waals surface area contributed by atoms with Crippen LogP contribution in [0.5, 0.6) is 0 Å². The van der Waals surface area contributed by atoms with Crippen LogP contribution < -0.4 is 5.32 Å². The molecule has 2 aliphatic rings. The molecule has 0 bridgehead atoms. The number of morpholine rings is 1. The number of urea groups is 1. The van der Waals surface area contributed by atoms with Crippen LogP contribution in [0.2, 0.25) is 0 Å². The Morgan fingerprint density at radius 1 is 1.04 bits per heavy atom. The molecule has 5 nitrogen and oxygen atoms in total. The molecule has 1 fully saturated rings. The number of anilines is 1. The third-order valence-corrected chi connectivity index (χ3v) is 5.12. The van der Waals surface area contributed by atoms with Gasteiger partial charge in [0, 0.05) is 38.4 Å². The zero-order chi connectivity index (χ0) is 17.8. The van der Waals surface area contributed by atoms with Gasteiger partial charge in [0.2, 0.25) is 0 Å². The maximum atomic E-state index is 12.5. The monoisotopic (exact) mass is 351 g/mol. The Hall–Kier alpha value is -2.37. The number of hydrogen-bond acceptors (Lipinski definition) is 3. The van der Waals surface area contributed by atoms with Crippen LogP contribution >= 0.6 is 0 Å². The highest BCUT2D eigenvalue weighted by Crippen LogP contribution is 2.20. The van der Waals surface area contributed by atoms with Crippen molar-refractivity contribution in [2.45, 2.75) is 19.1 Å². The van der Waals surface area contributed by atoms with E-state index in [0.29, 0.717) is 19.7 Å². The summed E-state index contributed by atoms with van der Waals surface area (Å²) >= 11 is 0. The second-order valence-corrected chi connectivity index (χ2v) is 6.99. The van der Waals surface area contributed by atoms with Gasteiger partial charge in [0.25, 0.3) is 0 Å². The molecule has 0 aromatic heterocycles. The van der Waals surface area contributed by atoms with Crippen LogP contribution in [0.15, 0.2) is 54.6 Å². The molecule has 0 radical (unpaired) electrons. The van der Waals surface area contributed by atoms with E-state index in [1.807, 2.05) is 35.2 Å². The molecule has 0 saturated carbocycles. The molecular weight excluding hydrogens is 326 g/mol. The van der Waals surface area contributed by atoms with Crippen molar-refractivity contribution >= 4 is 11.7 Å². The lowest BCUT2D eigenvalue weighted by molar-refractivity contribution is -0.0307. The van der Waals surface area contributed by atoms with Gasteiger partial charge in [-0.3, -0.25) is 4.90 Å². The van der Waals surface area contributed by atoms with E-state index in [0.717, 1.165) is 31.7 Å². The van der Waals surface area contributed by atoms with E-state index in [2.05, 4.69) is 34.5 Å². The Morgan fingerprint density at radius 2 is 1.81 bits per heavy atom. The van der Waals surface area contributed by atoms with Gasteiger partial charge in [-0.2, -0.15) is 0 Å². The Kier molecular flexibility index (Phi) is 5.18. The van der Waals surface area contributed by atoms with Gasteiger partial charge in [-0.25, -0.2) is 4.79 Å². The van der Waals surface area contributed by atoms with Gasteiger partial charge in [0.1, 0.15) is 0 Å². The number of fused-ring (bicyclic) bond motifs is 1. The van der Waals surface area contributed by atoms with Crippen LogP contribution in [0.25, 0.3) is 0 Å². The van der Waals surface area contributed by atoms with Crippen LogP contribution in [0.4, 0.5) is 10.5 Å². The lowest BCUT2D eigenvalue weighted by Gasteiger charge is -2.37. The molecule has 2 aromatic carbocycles. The number of amides is 2. The van der Waals surface area contributed by atoms with Crippen LogP contribution in [0.3, 0.4) is 0 Å². The topological polar surface area (TPSA) is 44.8 Å². The number of para-hydroxylation sites is 1. The number of rotatable bonds is 3. The lowest BCUT2D eigenvalue weighted by Crippen LogP contribution is -2.51. The molecule has 4 rings (SSSR count). The van der Waals surface area contributed by atoms with Gasteiger partial charge < -0.3 is 15.0 Å². The Morgan fingerprint density at radius 3 is 2.65 bits per heavy atom. The summed E-state index contributed by atoms with van der Waals surface area (Å²) in [5, 5.41) is 2.97. The molecule has 1 saturated heterocycles. The molecule has 2 aliphatic heterocycles. The minimum absolute atomic E-state index is 0.0477. The molecule has 26 heavy (non-hydrogen) atoms. The molecule has 5 heteroatoms. The number of nitrogens with zero attached hydrogens (tertiary/aromatic N) is 2. The Labute approximate surface area is 154 Å². The van der Waals surface area contributed by atoms with E-state index in [1.54, 1.807) is 0 Å². The van der Waals surface area contributed by atoms with Crippen molar-refractivity contribution in [1.29, 1.82) is 0 Å². The zero-order valence-electron chi connectivity index (χ0n) is 14.9. The molecule has 2 amide bonds. The first-order chi connectivity index (χ1) is 12.8. The third-order valence-electron chi connectivity index (χ3n) is 5.12. The minimum Gasteiger partial charge on any atom is -0.373 e. The summed E-state index contributed by atoms with van der Waals surface area (Å²) in [5.41, 5.74) is 3.69.